The van der Waals surface area contributed by atoms with Crippen LogP contribution in [-0.2, 0) is 14.3 Å². The summed E-state index contributed by atoms with van der Waals surface area (Å²) < 4.78 is 11.8. The van der Waals surface area contributed by atoms with E-state index in [1.54, 1.807) is 6.92 Å². The van der Waals surface area contributed by atoms with Crippen LogP contribution in [0.15, 0.2) is 0 Å². The van der Waals surface area contributed by atoms with E-state index >= 15 is 0 Å². The van der Waals surface area contributed by atoms with Gasteiger partial charge in [0.05, 0.1) is 24.7 Å². The highest BCUT2D eigenvalue weighted by molar-refractivity contribution is 5.86. The van der Waals surface area contributed by atoms with Crippen LogP contribution in [-0.4, -0.2) is 41.7 Å². The fourth-order valence-corrected chi connectivity index (χ4v) is 3.19. The molecule has 3 fully saturated rings. The normalized spacial score (nSPS) is 41.3. The largest absolute Gasteiger partial charge is 0.393 e. The van der Waals surface area contributed by atoms with Crippen LogP contribution in [0.5, 0.6) is 0 Å². The summed E-state index contributed by atoms with van der Waals surface area (Å²) in [5, 5.41) is 12.4. The molecule has 2 heterocycles. The monoisotopic (exact) mass is 241 g/mol. The predicted molar refractivity (Wildman–Crippen MR) is 59.1 cm³/mol. The molecule has 3 rings (SSSR count). The van der Waals surface area contributed by atoms with Crippen LogP contribution in [0.3, 0.4) is 0 Å². The lowest BCUT2D eigenvalue weighted by molar-refractivity contribution is -0.176. The smallest absolute Gasteiger partial charge is 0.228 e. The fourth-order valence-electron chi connectivity index (χ4n) is 3.19. The van der Waals surface area contributed by atoms with Crippen molar-refractivity contribution in [1.29, 1.82) is 0 Å². The van der Waals surface area contributed by atoms with E-state index in [0.717, 1.165) is 25.7 Å². The van der Waals surface area contributed by atoms with E-state index in [0.29, 0.717) is 6.61 Å². The van der Waals surface area contributed by atoms with Crippen LogP contribution >= 0.6 is 0 Å². The zero-order chi connectivity index (χ0) is 12.0. The Hall–Kier alpha value is -0.650. The van der Waals surface area contributed by atoms with Crippen LogP contribution in [0.1, 0.15) is 32.6 Å². The summed E-state index contributed by atoms with van der Waals surface area (Å²) in [5.74, 6) is -0.824. The van der Waals surface area contributed by atoms with E-state index in [1.807, 2.05) is 0 Å². The maximum atomic E-state index is 11.4. The van der Waals surface area contributed by atoms with Gasteiger partial charge in [-0.25, -0.2) is 0 Å². The molecule has 3 aliphatic rings. The fraction of sp³-hybridized carbons (Fsp3) is 0.917. The topological polar surface area (TPSA) is 67.8 Å². The number of amides is 1. The van der Waals surface area contributed by atoms with Gasteiger partial charge in [0.25, 0.3) is 0 Å². The standard InChI is InChI=1S/C12H19NO4/c1-7(14)9-10(13-11(9)15)8-6-16-12(17-8)4-2-3-5-12/h7-10,14H,2-6H2,1H3,(H,13,15)/t7-,8-,9-,10-/m1/s1. The predicted octanol–water partition coefficient (Wildman–Crippen LogP) is 0.167. The average Bonchev–Trinajstić information content (AvgIpc) is 2.85. The molecule has 2 N–H and O–H groups in total. The van der Waals surface area contributed by atoms with Crippen LogP contribution in [0.25, 0.3) is 0 Å². The molecular formula is C12H19NO4. The first kappa shape index (κ1) is 11.4. The Labute approximate surface area is 100 Å². The zero-order valence-electron chi connectivity index (χ0n) is 10.0. The van der Waals surface area contributed by atoms with E-state index in [9.17, 15) is 9.90 Å². The van der Waals surface area contributed by atoms with E-state index in [4.69, 9.17) is 9.47 Å². The molecule has 17 heavy (non-hydrogen) atoms. The molecule has 0 bridgehead atoms. The van der Waals surface area contributed by atoms with Crippen molar-refractivity contribution >= 4 is 5.91 Å². The SMILES string of the molecule is C[C@@H](O)[C@H]1C(=O)N[C@@H]1[C@H]1COC2(CCCC2)O1. The number of hydrogen-bond acceptors (Lipinski definition) is 4. The summed E-state index contributed by atoms with van der Waals surface area (Å²) in [6, 6.07) is -0.0949. The van der Waals surface area contributed by atoms with Crippen LogP contribution in [0, 0.1) is 5.92 Å². The van der Waals surface area contributed by atoms with Crippen molar-refractivity contribution in [1.82, 2.24) is 5.32 Å². The first-order valence-electron chi connectivity index (χ1n) is 6.42. The Morgan fingerprint density at radius 1 is 1.47 bits per heavy atom. The molecule has 1 aliphatic carbocycles. The number of nitrogens with one attached hydrogen (secondary N) is 1. The summed E-state index contributed by atoms with van der Waals surface area (Å²) >= 11 is 0. The minimum Gasteiger partial charge on any atom is -0.393 e. The van der Waals surface area contributed by atoms with Gasteiger partial charge in [0.15, 0.2) is 5.79 Å². The summed E-state index contributed by atoms with van der Waals surface area (Å²) in [6.07, 6.45) is 3.45. The van der Waals surface area contributed by atoms with Gasteiger partial charge >= 0.3 is 0 Å². The highest BCUT2D eigenvalue weighted by atomic mass is 16.7. The van der Waals surface area contributed by atoms with Crippen LogP contribution in [0.2, 0.25) is 0 Å². The highest BCUT2D eigenvalue weighted by Gasteiger charge is 2.53. The van der Waals surface area contributed by atoms with E-state index in [-0.39, 0.29) is 24.0 Å². The Morgan fingerprint density at radius 2 is 2.18 bits per heavy atom. The Morgan fingerprint density at radius 3 is 2.76 bits per heavy atom. The van der Waals surface area contributed by atoms with E-state index < -0.39 is 11.9 Å². The summed E-state index contributed by atoms with van der Waals surface area (Å²) in [7, 11) is 0. The molecule has 5 heteroatoms. The second-order valence-corrected chi connectivity index (χ2v) is 5.39. The molecule has 2 saturated heterocycles. The molecule has 0 unspecified atom stereocenters. The van der Waals surface area contributed by atoms with Gasteiger partial charge in [-0.2, -0.15) is 0 Å². The molecule has 1 spiro atoms. The number of aliphatic hydroxyl groups is 1. The molecule has 0 aromatic carbocycles. The lowest BCUT2D eigenvalue weighted by Gasteiger charge is -2.41. The Bertz CT molecular complexity index is 324. The molecule has 1 amide bonds. The third kappa shape index (κ3) is 1.77. The minimum atomic E-state index is -0.627. The van der Waals surface area contributed by atoms with E-state index in [2.05, 4.69) is 5.32 Å². The van der Waals surface area contributed by atoms with Crippen molar-refractivity contribution < 1.29 is 19.4 Å². The molecule has 96 valence electrons. The second kappa shape index (κ2) is 3.93. The second-order valence-electron chi connectivity index (χ2n) is 5.39. The summed E-state index contributed by atoms with van der Waals surface area (Å²) in [5.41, 5.74) is 0. The Kier molecular flexibility index (Phi) is 2.65. The average molecular weight is 241 g/mol. The minimum absolute atomic E-state index is 0.0824. The zero-order valence-corrected chi connectivity index (χ0v) is 10.0. The summed E-state index contributed by atoms with van der Waals surface area (Å²) in [6.45, 7) is 2.17. The number of β-lactam (4-membered cyclic amide) rings is 1. The van der Waals surface area contributed by atoms with Crippen molar-refractivity contribution in [3.63, 3.8) is 0 Å². The van der Waals surface area contributed by atoms with Crippen LogP contribution in [0.4, 0.5) is 0 Å². The lowest BCUT2D eigenvalue weighted by atomic mass is 9.83. The number of ether oxygens (including phenoxy) is 2. The van der Waals surface area contributed by atoms with Gasteiger partial charge in [0.1, 0.15) is 6.10 Å². The quantitative estimate of drug-likeness (QED) is 0.676. The van der Waals surface area contributed by atoms with Gasteiger partial charge in [0, 0.05) is 12.8 Å². The summed E-state index contributed by atoms with van der Waals surface area (Å²) in [4.78, 5) is 11.4. The number of carbonyl (C=O) groups excluding carboxylic acids is 1. The molecule has 0 aromatic heterocycles. The Balaban J connectivity index is 1.65. The number of hydrogen-bond donors (Lipinski definition) is 2. The first-order valence-corrected chi connectivity index (χ1v) is 6.42. The van der Waals surface area contributed by atoms with Crippen molar-refractivity contribution in [3.05, 3.63) is 0 Å². The molecule has 5 nitrogen and oxygen atoms in total. The number of rotatable bonds is 2. The van der Waals surface area contributed by atoms with Crippen molar-refractivity contribution in [2.24, 2.45) is 5.92 Å². The first-order chi connectivity index (χ1) is 8.11. The molecule has 2 aliphatic heterocycles. The van der Waals surface area contributed by atoms with Crippen molar-refractivity contribution in [2.75, 3.05) is 6.61 Å². The van der Waals surface area contributed by atoms with E-state index in [1.165, 1.54) is 0 Å². The van der Waals surface area contributed by atoms with Crippen molar-refractivity contribution in [2.45, 2.75) is 56.6 Å². The van der Waals surface area contributed by atoms with Gasteiger partial charge < -0.3 is 19.9 Å². The molecular weight excluding hydrogens is 222 g/mol. The third-order valence-corrected chi connectivity index (χ3v) is 4.16. The third-order valence-electron chi connectivity index (χ3n) is 4.16. The van der Waals surface area contributed by atoms with Gasteiger partial charge in [-0.15, -0.1) is 0 Å². The molecule has 0 aromatic rings. The van der Waals surface area contributed by atoms with Gasteiger partial charge in [-0.1, -0.05) is 0 Å². The maximum absolute atomic E-state index is 11.4. The highest BCUT2D eigenvalue weighted by Crippen LogP contribution is 2.41. The van der Waals surface area contributed by atoms with Crippen molar-refractivity contribution in [3.8, 4) is 0 Å². The molecule has 4 atom stereocenters. The number of aliphatic hydroxyl groups excluding tert-OH is 1. The van der Waals surface area contributed by atoms with Gasteiger partial charge in [-0.05, 0) is 19.8 Å². The maximum Gasteiger partial charge on any atom is 0.228 e. The lowest BCUT2D eigenvalue weighted by Crippen LogP contribution is -2.67. The molecule has 0 radical (unpaired) electrons. The molecule has 1 saturated carbocycles. The van der Waals surface area contributed by atoms with Gasteiger partial charge in [0.2, 0.25) is 5.91 Å². The van der Waals surface area contributed by atoms with Gasteiger partial charge in [-0.3, -0.25) is 4.79 Å². The van der Waals surface area contributed by atoms with Crippen LogP contribution < -0.4 is 5.32 Å². The number of carbonyl (C=O) groups is 1.